The predicted molar refractivity (Wildman–Crippen MR) is 80.7 cm³/mol. The van der Waals surface area contributed by atoms with Crippen molar-refractivity contribution in [1.82, 2.24) is 0 Å². The lowest BCUT2D eigenvalue weighted by atomic mass is 9.83. The molecule has 20 heavy (non-hydrogen) atoms. The second-order valence-corrected chi connectivity index (χ2v) is 4.59. The summed E-state index contributed by atoms with van der Waals surface area (Å²) >= 11 is 0. The van der Waals surface area contributed by atoms with Crippen molar-refractivity contribution >= 4 is 5.78 Å². The lowest BCUT2D eigenvalue weighted by Crippen LogP contribution is -2.37. The minimum Gasteiger partial charge on any atom is -0.365 e. The number of Topliss-reactive ketones (excluding diaryl/α,β-unsaturated/α-hetero) is 1. The largest absolute Gasteiger partial charge is 0.365 e. The normalized spacial score (nSPS) is 13.4. The Bertz CT molecular complexity index is 575. The maximum atomic E-state index is 12.9. The van der Waals surface area contributed by atoms with Gasteiger partial charge in [0, 0.05) is 19.1 Å². The van der Waals surface area contributed by atoms with Crippen molar-refractivity contribution in [3.05, 3.63) is 84.4 Å². The number of hydrogen-bond acceptors (Lipinski definition) is 2. The van der Waals surface area contributed by atoms with Crippen LogP contribution in [0.4, 0.5) is 0 Å². The van der Waals surface area contributed by atoms with E-state index in [2.05, 4.69) is 6.58 Å². The summed E-state index contributed by atoms with van der Waals surface area (Å²) in [6, 6.07) is 18.8. The Morgan fingerprint density at radius 1 is 1.10 bits per heavy atom. The van der Waals surface area contributed by atoms with Crippen molar-refractivity contribution in [1.29, 1.82) is 0 Å². The molecule has 2 aromatic carbocycles. The van der Waals surface area contributed by atoms with Gasteiger partial charge in [0.25, 0.3) is 0 Å². The molecule has 0 radical (unpaired) electrons. The third kappa shape index (κ3) is 2.56. The van der Waals surface area contributed by atoms with Crippen LogP contribution in [0.1, 0.15) is 22.3 Å². The highest BCUT2D eigenvalue weighted by molar-refractivity contribution is 6.03. The fourth-order valence-corrected chi connectivity index (χ4v) is 2.37. The molecule has 0 bridgehead atoms. The zero-order chi connectivity index (χ0) is 14.4. The summed E-state index contributed by atoms with van der Waals surface area (Å²) in [5.41, 5.74) is 0.473. The molecular weight excluding hydrogens is 248 g/mol. The van der Waals surface area contributed by atoms with E-state index in [4.69, 9.17) is 4.74 Å². The molecule has 0 saturated carbocycles. The average Bonchev–Trinajstić information content (AvgIpc) is 2.54. The molecule has 0 fully saturated rings. The van der Waals surface area contributed by atoms with Gasteiger partial charge in [0.15, 0.2) is 11.4 Å². The van der Waals surface area contributed by atoms with E-state index in [1.54, 1.807) is 13.2 Å². The smallest absolute Gasteiger partial charge is 0.199 e. The van der Waals surface area contributed by atoms with Crippen molar-refractivity contribution in [3.8, 4) is 0 Å². The average molecular weight is 266 g/mol. The molecule has 1 unspecified atom stereocenters. The molecule has 2 rings (SSSR count). The van der Waals surface area contributed by atoms with E-state index in [0.717, 1.165) is 5.56 Å². The van der Waals surface area contributed by atoms with Crippen LogP contribution >= 0.6 is 0 Å². The van der Waals surface area contributed by atoms with Gasteiger partial charge in [-0.15, -0.1) is 6.58 Å². The van der Waals surface area contributed by atoms with E-state index in [-0.39, 0.29) is 5.78 Å². The highest BCUT2D eigenvalue weighted by Gasteiger charge is 2.39. The van der Waals surface area contributed by atoms with Gasteiger partial charge in [-0.25, -0.2) is 0 Å². The Hall–Kier alpha value is -2.19. The summed E-state index contributed by atoms with van der Waals surface area (Å²) in [4.78, 5) is 12.9. The van der Waals surface area contributed by atoms with Gasteiger partial charge in [-0.05, 0) is 5.56 Å². The first kappa shape index (κ1) is 14.2. The Kier molecular flexibility index (Phi) is 4.49. The van der Waals surface area contributed by atoms with Crippen LogP contribution in [0.15, 0.2) is 73.3 Å². The molecule has 0 spiro atoms. The van der Waals surface area contributed by atoms with Crippen LogP contribution in [0.3, 0.4) is 0 Å². The molecule has 2 nitrogen and oxygen atoms in total. The van der Waals surface area contributed by atoms with Crippen molar-refractivity contribution in [2.24, 2.45) is 0 Å². The number of carbonyl (C=O) groups is 1. The third-order valence-corrected chi connectivity index (χ3v) is 3.42. The SMILES string of the molecule is C=CCC(OC)(C(=O)c1ccccc1)c1ccccc1. The third-order valence-electron chi connectivity index (χ3n) is 3.42. The number of rotatable bonds is 6. The van der Waals surface area contributed by atoms with E-state index in [1.165, 1.54) is 0 Å². The van der Waals surface area contributed by atoms with Crippen LogP contribution in [0.2, 0.25) is 0 Å². The molecule has 0 aliphatic carbocycles. The molecule has 2 heteroatoms. The molecule has 0 heterocycles. The van der Waals surface area contributed by atoms with Crippen molar-refractivity contribution in [3.63, 3.8) is 0 Å². The maximum Gasteiger partial charge on any atom is 0.199 e. The Balaban J connectivity index is 2.52. The fourth-order valence-electron chi connectivity index (χ4n) is 2.37. The van der Waals surface area contributed by atoms with Crippen LogP contribution in [-0.4, -0.2) is 12.9 Å². The van der Waals surface area contributed by atoms with Crippen LogP contribution in [0, 0.1) is 0 Å². The molecule has 2 aromatic rings. The molecule has 102 valence electrons. The summed E-state index contributed by atoms with van der Waals surface area (Å²) in [7, 11) is 1.57. The van der Waals surface area contributed by atoms with Gasteiger partial charge in [-0.2, -0.15) is 0 Å². The zero-order valence-corrected chi connectivity index (χ0v) is 11.6. The van der Waals surface area contributed by atoms with Crippen LogP contribution in [0.5, 0.6) is 0 Å². The number of ether oxygens (including phenoxy) is 1. The first-order chi connectivity index (χ1) is 9.74. The molecular formula is C18H18O2. The van der Waals surface area contributed by atoms with Gasteiger partial charge in [-0.3, -0.25) is 4.79 Å². The van der Waals surface area contributed by atoms with Crippen LogP contribution < -0.4 is 0 Å². The van der Waals surface area contributed by atoms with Crippen molar-refractivity contribution in [2.45, 2.75) is 12.0 Å². The second-order valence-electron chi connectivity index (χ2n) is 4.59. The number of carbonyl (C=O) groups excluding carboxylic acids is 1. The molecule has 1 atom stereocenters. The summed E-state index contributed by atoms with van der Waals surface area (Å²) < 4.78 is 5.66. The second kappa shape index (κ2) is 6.31. The topological polar surface area (TPSA) is 26.3 Å². The molecule has 0 aromatic heterocycles. The van der Waals surface area contributed by atoms with Gasteiger partial charge >= 0.3 is 0 Å². The highest BCUT2D eigenvalue weighted by Crippen LogP contribution is 2.33. The standard InChI is InChI=1S/C18H18O2/c1-3-14-18(20-2,16-12-8-5-9-13-16)17(19)15-10-6-4-7-11-15/h3-13H,1,14H2,2H3. The summed E-state index contributed by atoms with van der Waals surface area (Å²) in [5, 5.41) is 0. The maximum absolute atomic E-state index is 12.9. The fraction of sp³-hybridized carbons (Fsp3) is 0.167. The van der Waals surface area contributed by atoms with Gasteiger partial charge in [0.05, 0.1) is 0 Å². The number of ketones is 1. The molecule has 0 N–H and O–H groups in total. The first-order valence-corrected chi connectivity index (χ1v) is 6.56. The Morgan fingerprint density at radius 3 is 2.15 bits per heavy atom. The first-order valence-electron chi connectivity index (χ1n) is 6.56. The molecule has 0 aliphatic heterocycles. The Labute approximate surface area is 119 Å². The summed E-state index contributed by atoms with van der Waals surface area (Å²) in [5.74, 6) is -0.0494. The molecule has 0 aliphatic rings. The highest BCUT2D eigenvalue weighted by atomic mass is 16.5. The van der Waals surface area contributed by atoms with E-state index >= 15 is 0 Å². The minimum absolute atomic E-state index is 0.0494. The van der Waals surface area contributed by atoms with E-state index in [0.29, 0.717) is 12.0 Å². The van der Waals surface area contributed by atoms with Gasteiger partial charge < -0.3 is 4.74 Å². The predicted octanol–water partition coefficient (Wildman–Crippen LogP) is 3.99. The minimum atomic E-state index is -1.01. The summed E-state index contributed by atoms with van der Waals surface area (Å²) in [6.07, 6.45) is 2.15. The number of hydrogen-bond donors (Lipinski definition) is 0. The molecule has 0 amide bonds. The van der Waals surface area contributed by atoms with E-state index in [9.17, 15) is 4.79 Å². The number of benzene rings is 2. The lowest BCUT2D eigenvalue weighted by Gasteiger charge is -2.30. The van der Waals surface area contributed by atoms with E-state index < -0.39 is 5.60 Å². The van der Waals surface area contributed by atoms with Gasteiger partial charge in [0.1, 0.15) is 0 Å². The number of methoxy groups -OCH3 is 1. The quantitative estimate of drug-likeness (QED) is 0.584. The van der Waals surface area contributed by atoms with Gasteiger partial charge in [0.2, 0.25) is 0 Å². The van der Waals surface area contributed by atoms with Crippen LogP contribution in [-0.2, 0) is 10.3 Å². The monoisotopic (exact) mass is 266 g/mol. The van der Waals surface area contributed by atoms with E-state index in [1.807, 2.05) is 60.7 Å². The zero-order valence-electron chi connectivity index (χ0n) is 11.6. The molecule has 0 saturated heterocycles. The lowest BCUT2D eigenvalue weighted by molar-refractivity contribution is 0.000617. The van der Waals surface area contributed by atoms with Crippen molar-refractivity contribution < 1.29 is 9.53 Å². The van der Waals surface area contributed by atoms with Crippen molar-refractivity contribution in [2.75, 3.05) is 7.11 Å². The van der Waals surface area contributed by atoms with Gasteiger partial charge in [-0.1, -0.05) is 66.7 Å². The van der Waals surface area contributed by atoms with Crippen LogP contribution in [0.25, 0.3) is 0 Å². The Morgan fingerprint density at radius 2 is 1.65 bits per heavy atom. The summed E-state index contributed by atoms with van der Waals surface area (Å²) in [6.45, 7) is 3.76.